The van der Waals surface area contributed by atoms with Crippen molar-refractivity contribution in [1.29, 1.82) is 0 Å². The van der Waals surface area contributed by atoms with Crippen molar-refractivity contribution >= 4 is 11.6 Å². The molecule has 1 heterocycles. The van der Waals surface area contributed by atoms with Crippen LogP contribution in [0.2, 0.25) is 5.28 Å². The van der Waals surface area contributed by atoms with E-state index in [2.05, 4.69) is 9.97 Å². The fraction of sp³-hybridized carbons (Fsp3) is 0.167. The molecule has 0 radical (unpaired) electrons. The van der Waals surface area contributed by atoms with E-state index in [0.29, 0.717) is 11.3 Å². The van der Waals surface area contributed by atoms with Gasteiger partial charge in [0.15, 0.2) is 11.6 Å². The smallest absolute Gasteiger partial charge is 0.225 e. The first-order valence-corrected chi connectivity index (χ1v) is 5.38. The summed E-state index contributed by atoms with van der Waals surface area (Å²) in [5.41, 5.74) is 1.17. The highest BCUT2D eigenvalue weighted by Crippen LogP contribution is 2.25. The largest absolute Gasteiger partial charge is 0.436 e. The van der Waals surface area contributed by atoms with E-state index in [4.69, 9.17) is 16.3 Å². The average Bonchev–Trinajstić information content (AvgIpc) is 2.23. The van der Waals surface area contributed by atoms with E-state index in [-0.39, 0.29) is 16.9 Å². The van der Waals surface area contributed by atoms with E-state index in [1.165, 1.54) is 6.07 Å². The highest BCUT2D eigenvalue weighted by molar-refractivity contribution is 6.28. The molecule has 5 heteroatoms. The molecule has 0 aliphatic carbocycles. The van der Waals surface area contributed by atoms with Crippen molar-refractivity contribution in [2.75, 3.05) is 0 Å². The Bertz CT molecular complexity index is 540. The number of nitrogens with zero attached hydrogens (tertiary/aromatic N) is 2. The summed E-state index contributed by atoms with van der Waals surface area (Å²) in [6.45, 7) is 3.42. The highest BCUT2D eigenvalue weighted by atomic mass is 35.5. The summed E-state index contributed by atoms with van der Waals surface area (Å²) >= 11 is 5.69. The maximum atomic E-state index is 13.7. The number of aromatic nitrogens is 2. The van der Waals surface area contributed by atoms with Crippen LogP contribution in [0.3, 0.4) is 0 Å². The zero-order chi connectivity index (χ0) is 12.4. The minimum absolute atomic E-state index is 0.0769. The van der Waals surface area contributed by atoms with Crippen molar-refractivity contribution in [1.82, 2.24) is 9.97 Å². The van der Waals surface area contributed by atoms with Crippen LogP contribution in [0.4, 0.5) is 4.39 Å². The maximum absolute atomic E-state index is 13.7. The maximum Gasteiger partial charge on any atom is 0.225 e. The minimum atomic E-state index is -0.403. The van der Waals surface area contributed by atoms with Crippen molar-refractivity contribution in [3.05, 3.63) is 46.6 Å². The summed E-state index contributed by atoms with van der Waals surface area (Å²) in [6, 6.07) is 6.51. The first-order valence-electron chi connectivity index (χ1n) is 5.00. The summed E-state index contributed by atoms with van der Waals surface area (Å²) in [4.78, 5) is 7.76. The molecule has 0 unspecified atom stereocenters. The zero-order valence-electron chi connectivity index (χ0n) is 9.37. The van der Waals surface area contributed by atoms with Gasteiger partial charge in [-0.3, -0.25) is 0 Å². The van der Waals surface area contributed by atoms with Gasteiger partial charge < -0.3 is 4.74 Å². The van der Waals surface area contributed by atoms with Gasteiger partial charge in [0.1, 0.15) is 0 Å². The van der Waals surface area contributed by atoms with Gasteiger partial charge in [-0.05, 0) is 37.1 Å². The lowest BCUT2D eigenvalue weighted by atomic mass is 10.2. The van der Waals surface area contributed by atoms with E-state index in [1.807, 2.05) is 0 Å². The van der Waals surface area contributed by atoms with Crippen LogP contribution in [0, 0.1) is 19.7 Å². The summed E-state index contributed by atoms with van der Waals surface area (Å²) in [6.07, 6.45) is 0. The number of aryl methyl sites for hydroxylation is 2. The van der Waals surface area contributed by atoms with Gasteiger partial charge in [-0.2, -0.15) is 4.98 Å². The number of rotatable bonds is 2. The third-order valence-corrected chi connectivity index (χ3v) is 2.34. The average molecular weight is 253 g/mol. The zero-order valence-corrected chi connectivity index (χ0v) is 10.1. The Morgan fingerprint density at radius 1 is 1.24 bits per heavy atom. The molecule has 17 heavy (non-hydrogen) atoms. The van der Waals surface area contributed by atoms with Gasteiger partial charge in [0.25, 0.3) is 0 Å². The van der Waals surface area contributed by atoms with Crippen molar-refractivity contribution < 1.29 is 9.13 Å². The Hall–Kier alpha value is -1.68. The van der Waals surface area contributed by atoms with Gasteiger partial charge in [0.05, 0.1) is 0 Å². The minimum Gasteiger partial charge on any atom is -0.436 e. The molecule has 0 amide bonds. The first kappa shape index (κ1) is 11.8. The van der Waals surface area contributed by atoms with Gasteiger partial charge in [-0.25, -0.2) is 9.37 Å². The lowest BCUT2D eigenvalue weighted by Crippen LogP contribution is -1.95. The van der Waals surface area contributed by atoms with E-state index in [1.54, 1.807) is 32.0 Å². The molecule has 0 N–H and O–H groups in total. The van der Waals surface area contributed by atoms with E-state index in [9.17, 15) is 4.39 Å². The normalized spacial score (nSPS) is 10.4. The standard InChI is InChI=1S/C12H10ClFN2O/c1-7-4-3-5-9(11(7)14)17-10-6-8(2)15-12(13)16-10/h3-6H,1-2H3. The summed E-state index contributed by atoms with van der Waals surface area (Å²) in [5.74, 6) is -0.0499. The molecule has 0 spiro atoms. The Morgan fingerprint density at radius 2 is 2.00 bits per heavy atom. The van der Waals surface area contributed by atoms with Crippen molar-refractivity contribution in [2.45, 2.75) is 13.8 Å². The summed E-state index contributed by atoms with van der Waals surface area (Å²) in [7, 11) is 0. The van der Waals surface area contributed by atoms with Crippen LogP contribution >= 0.6 is 11.6 Å². The number of hydrogen-bond donors (Lipinski definition) is 0. The molecule has 0 bridgehead atoms. The van der Waals surface area contributed by atoms with Crippen molar-refractivity contribution in [2.24, 2.45) is 0 Å². The van der Waals surface area contributed by atoms with Crippen LogP contribution in [0.1, 0.15) is 11.3 Å². The lowest BCUT2D eigenvalue weighted by molar-refractivity contribution is 0.424. The van der Waals surface area contributed by atoms with Gasteiger partial charge in [-0.1, -0.05) is 12.1 Å². The van der Waals surface area contributed by atoms with Gasteiger partial charge in [-0.15, -0.1) is 0 Å². The molecule has 0 saturated heterocycles. The molecule has 0 aliphatic heterocycles. The second kappa shape index (κ2) is 4.67. The Labute approximate surface area is 103 Å². The molecule has 2 rings (SSSR count). The summed E-state index contributed by atoms with van der Waals surface area (Å²) in [5, 5.41) is 0.0769. The molecular formula is C12H10ClFN2O. The van der Waals surface area contributed by atoms with Crippen LogP contribution < -0.4 is 4.74 Å². The van der Waals surface area contributed by atoms with E-state index >= 15 is 0 Å². The molecule has 3 nitrogen and oxygen atoms in total. The molecule has 1 aromatic heterocycles. The monoisotopic (exact) mass is 252 g/mol. The van der Waals surface area contributed by atoms with Gasteiger partial charge in [0.2, 0.25) is 11.2 Å². The third kappa shape index (κ3) is 2.71. The van der Waals surface area contributed by atoms with E-state index < -0.39 is 5.82 Å². The molecule has 2 aromatic rings. The molecular weight excluding hydrogens is 243 g/mol. The van der Waals surface area contributed by atoms with Crippen LogP contribution in [-0.2, 0) is 0 Å². The highest BCUT2D eigenvalue weighted by Gasteiger charge is 2.08. The molecule has 0 aliphatic rings. The second-order valence-corrected chi connectivity index (χ2v) is 3.94. The van der Waals surface area contributed by atoms with Crippen molar-refractivity contribution in [3.63, 3.8) is 0 Å². The molecule has 0 saturated carbocycles. The predicted molar refractivity (Wildman–Crippen MR) is 63.0 cm³/mol. The first-order chi connectivity index (χ1) is 8.06. The molecule has 88 valence electrons. The fourth-order valence-corrected chi connectivity index (χ4v) is 1.59. The Balaban J connectivity index is 2.34. The number of halogens is 2. The van der Waals surface area contributed by atoms with Crippen LogP contribution in [0.15, 0.2) is 24.3 Å². The number of benzene rings is 1. The van der Waals surface area contributed by atoms with Crippen LogP contribution in [-0.4, -0.2) is 9.97 Å². The quantitative estimate of drug-likeness (QED) is 0.765. The molecule has 0 atom stereocenters. The summed E-state index contributed by atoms with van der Waals surface area (Å²) < 4.78 is 19.0. The predicted octanol–water partition coefficient (Wildman–Crippen LogP) is 3.68. The fourth-order valence-electron chi connectivity index (χ4n) is 1.37. The van der Waals surface area contributed by atoms with Crippen LogP contribution in [0.5, 0.6) is 11.6 Å². The van der Waals surface area contributed by atoms with Gasteiger partial charge in [0, 0.05) is 11.8 Å². The van der Waals surface area contributed by atoms with Crippen molar-refractivity contribution in [3.8, 4) is 11.6 Å². The number of hydrogen-bond acceptors (Lipinski definition) is 3. The Morgan fingerprint density at radius 3 is 2.71 bits per heavy atom. The van der Waals surface area contributed by atoms with E-state index in [0.717, 1.165) is 0 Å². The number of ether oxygens (including phenoxy) is 1. The second-order valence-electron chi connectivity index (χ2n) is 3.61. The van der Waals surface area contributed by atoms with Gasteiger partial charge >= 0.3 is 0 Å². The third-order valence-electron chi connectivity index (χ3n) is 2.17. The van der Waals surface area contributed by atoms with Crippen LogP contribution in [0.25, 0.3) is 0 Å². The molecule has 1 aromatic carbocycles. The Kier molecular flexibility index (Phi) is 3.24. The topological polar surface area (TPSA) is 35.0 Å². The SMILES string of the molecule is Cc1cc(Oc2cccc(C)c2F)nc(Cl)n1. The molecule has 0 fully saturated rings. The lowest BCUT2D eigenvalue weighted by Gasteiger charge is -2.07.